The minimum Gasteiger partial charge on any atom is -0.343 e. The first-order chi connectivity index (χ1) is 7.06. The second-order valence-corrected chi connectivity index (χ2v) is 4.22. The van der Waals surface area contributed by atoms with Crippen LogP contribution in [0.3, 0.4) is 0 Å². The number of hydrogen-bond donors (Lipinski definition) is 3. The molecule has 0 spiro atoms. The van der Waals surface area contributed by atoms with Gasteiger partial charge >= 0.3 is 0 Å². The van der Waals surface area contributed by atoms with Gasteiger partial charge in [0.25, 0.3) is 0 Å². The average molecular weight is 213 g/mol. The maximum atomic E-state index is 11.6. The Labute approximate surface area is 89.8 Å². The first-order valence-corrected chi connectivity index (χ1v) is 5.37. The Balaban J connectivity index is 2.55. The Morgan fingerprint density at radius 3 is 2.47 bits per heavy atom. The van der Waals surface area contributed by atoms with Gasteiger partial charge in [0.15, 0.2) is 0 Å². The Kier molecular flexibility index (Phi) is 4.08. The van der Waals surface area contributed by atoms with E-state index in [0.29, 0.717) is 13.0 Å². The molecule has 86 valence electrons. The van der Waals surface area contributed by atoms with Gasteiger partial charge in [-0.05, 0) is 25.3 Å². The lowest BCUT2D eigenvalue weighted by atomic mass is 9.98. The quantitative estimate of drug-likeness (QED) is 0.581. The molecule has 5 heteroatoms. The minimum atomic E-state index is -0.406. The van der Waals surface area contributed by atoms with Crippen LogP contribution in [0, 0.1) is 5.92 Å². The van der Waals surface area contributed by atoms with Crippen molar-refractivity contribution in [2.75, 3.05) is 6.54 Å². The Morgan fingerprint density at radius 2 is 1.93 bits per heavy atom. The summed E-state index contributed by atoms with van der Waals surface area (Å²) in [5, 5.41) is 5.46. The molecule has 0 aromatic heterocycles. The SMILES string of the molecule is CC(C)C1NC(=O)C(CCCN)NC1=O. The van der Waals surface area contributed by atoms with Crippen molar-refractivity contribution in [3.63, 3.8) is 0 Å². The average Bonchev–Trinajstić information content (AvgIpc) is 2.18. The van der Waals surface area contributed by atoms with Crippen molar-refractivity contribution in [1.82, 2.24) is 10.6 Å². The second-order valence-electron chi connectivity index (χ2n) is 4.22. The summed E-state index contributed by atoms with van der Waals surface area (Å²) in [4.78, 5) is 23.2. The number of amides is 2. The van der Waals surface area contributed by atoms with E-state index in [1.165, 1.54) is 0 Å². The minimum absolute atomic E-state index is 0.0911. The highest BCUT2D eigenvalue weighted by Gasteiger charge is 2.34. The summed E-state index contributed by atoms with van der Waals surface area (Å²) in [6, 6.07) is -0.803. The van der Waals surface area contributed by atoms with E-state index in [1.54, 1.807) is 0 Å². The molecule has 2 unspecified atom stereocenters. The van der Waals surface area contributed by atoms with Crippen LogP contribution in [-0.4, -0.2) is 30.4 Å². The summed E-state index contributed by atoms with van der Waals surface area (Å²) in [6.07, 6.45) is 1.35. The lowest BCUT2D eigenvalue weighted by Gasteiger charge is -2.31. The third-order valence-electron chi connectivity index (χ3n) is 2.58. The molecular weight excluding hydrogens is 194 g/mol. The first kappa shape index (κ1) is 12.0. The molecule has 0 aliphatic carbocycles. The van der Waals surface area contributed by atoms with E-state index < -0.39 is 12.1 Å². The van der Waals surface area contributed by atoms with Crippen molar-refractivity contribution < 1.29 is 9.59 Å². The van der Waals surface area contributed by atoms with Crippen LogP contribution in [0.4, 0.5) is 0 Å². The molecule has 1 saturated heterocycles. The lowest BCUT2D eigenvalue weighted by Crippen LogP contribution is -2.63. The van der Waals surface area contributed by atoms with Crippen LogP contribution in [0.15, 0.2) is 0 Å². The maximum absolute atomic E-state index is 11.6. The summed E-state index contributed by atoms with van der Waals surface area (Å²) in [5.74, 6) is -0.0715. The highest BCUT2D eigenvalue weighted by atomic mass is 16.2. The van der Waals surface area contributed by atoms with E-state index in [0.717, 1.165) is 6.42 Å². The van der Waals surface area contributed by atoms with Crippen molar-refractivity contribution in [1.29, 1.82) is 0 Å². The van der Waals surface area contributed by atoms with Crippen LogP contribution in [0.25, 0.3) is 0 Å². The van der Waals surface area contributed by atoms with Crippen molar-refractivity contribution >= 4 is 11.8 Å². The highest BCUT2D eigenvalue weighted by molar-refractivity contribution is 5.97. The number of piperazine rings is 1. The molecule has 1 rings (SSSR count). The van der Waals surface area contributed by atoms with E-state index >= 15 is 0 Å². The van der Waals surface area contributed by atoms with Crippen LogP contribution >= 0.6 is 0 Å². The van der Waals surface area contributed by atoms with Crippen molar-refractivity contribution in [2.45, 2.75) is 38.8 Å². The first-order valence-electron chi connectivity index (χ1n) is 5.37. The Bertz CT molecular complexity index is 253. The van der Waals surface area contributed by atoms with Crippen LogP contribution in [0.2, 0.25) is 0 Å². The van der Waals surface area contributed by atoms with Gasteiger partial charge in [0.05, 0.1) is 0 Å². The molecule has 2 amide bonds. The number of nitrogens with two attached hydrogens (primary N) is 1. The molecule has 4 N–H and O–H groups in total. The van der Waals surface area contributed by atoms with Crippen molar-refractivity contribution in [3.8, 4) is 0 Å². The topological polar surface area (TPSA) is 84.2 Å². The standard InChI is InChI=1S/C10H19N3O2/c1-6(2)8-10(15)12-7(4-3-5-11)9(14)13-8/h6-8H,3-5,11H2,1-2H3,(H,12,15)(H,13,14). The number of nitrogens with one attached hydrogen (secondary N) is 2. The second kappa shape index (κ2) is 5.11. The molecule has 0 radical (unpaired) electrons. The van der Waals surface area contributed by atoms with E-state index in [9.17, 15) is 9.59 Å². The molecule has 15 heavy (non-hydrogen) atoms. The number of carbonyl (C=O) groups is 2. The molecule has 1 aliphatic heterocycles. The number of rotatable bonds is 4. The lowest BCUT2D eigenvalue weighted by molar-refractivity contribution is -0.138. The monoisotopic (exact) mass is 213 g/mol. The van der Waals surface area contributed by atoms with Gasteiger partial charge in [0.2, 0.25) is 11.8 Å². The normalized spacial score (nSPS) is 26.4. The van der Waals surface area contributed by atoms with Gasteiger partial charge in [0.1, 0.15) is 12.1 Å². The summed E-state index contributed by atoms with van der Waals surface area (Å²) < 4.78 is 0. The van der Waals surface area contributed by atoms with E-state index in [1.807, 2.05) is 13.8 Å². The fourth-order valence-corrected chi connectivity index (χ4v) is 1.64. The molecule has 0 aromatic carbocycles. The van der Waals surface area contributed by atoms with E-state index in [-0.39, 0.29) is 17.7 Å². The fraction of sp³-hybridized carbons (Fsp3) is 0.800. The summed E-state index contributed by atoms with van der Waals surface area (Å²) in [7, 11) is 0. The number of carbonyl (C=O) groups excluding carboxylic acids is 2. The predicted octanol–water partition coefficient (Wildman–Crippen LogP) is -0.635. The van der Waals surface area contributed by atoms with Crippen molar-refractivity contribution in [2.24, 2.45) is 11.7 Å². The zero-order valence-electron chi connectivity index (χ0n) is 9.25. The molecule has 1 fully saturated rings. The van der Waals surface area contributed by atoms with E-state index in [4.69, 9.17) is 5.73 Å². The molecule has 0 saturated carbocycles. The summed E-state index contributed by atoms with van der Waals surface area (Å²) >= 11 is 0. The smallest absolute Gasteiger partial charge is 0.243 e. The summed E-state index contributed by atoms with van der Waals surface area (Å²) in [6.45, 7) is 4.35. The number of hydrogen-bond acceptors (Lipinski definition) is 3. The Morgan fingerprint density at radius 1 is 1.27 bits per heavy atom. The van der Waals surface area contributed by atoms with Gasteiger partial charge in [-0.2, -0.15) is 0 Å². The van der Waals surface area contributed by atoms with Gasteiger partial charge in [-0.25, -0.2) is 0 Å². The zero-order valence-corrected chi connectivity index (χ0v) is 9.25. The van der Waals surface area contributed by atoms with Gasteiger partial charge in [-0.3, -0.25) is 9.59 Å². The molecule has 0 aromatic rings. The highest BCUT2D eigenvalue weighted by Crippen LogP contribution is 2.09. The van der Waals surface area contributed by atoms with Gasteiger partial charge < -0.3 is 16.4 Å². The van der Waals surface area contributed by atoms with Gasteiger partial charge in [-0.1, -0.05) is 13.8 Å². The van der Waals surface area contributed by atoms with Crippen LogP contribution in [-0.2, 0) is 9.59 Å². The van der Waals surface area contributed by atoms with Crippen LogP contribution in [0.5, 0.6) is 0 Å². The molecule has 0 bridgehead atoms. The molecule has 1 heterocycles. The van der Waals surface area contributed by atoms with Crippen LogP contribution < -0.4 is 16.4 Å². The molecule has 5 nitrogen and oxygen atoms in total. The maximum Gasteiger partial charge on any atom is 0.243 e. The summed E-state index contributed by atoms with van der Waals surface area (Å²) in [5.41, 5.74) is 5.36. The van der Waals surface area contributed by atoms with E-state index in [2.05, 4.69) is 10.6 Å². The predicted molar refractivity (Wildman–Crippen MR) is 57.0 cm³/mol. The zero-order chi connectivity index (χ0) is 11.4. The molecular formula is C10H19N3O2. The van der Waals surface area contributed by atoms with Crippen LogP contribution in [0.1, 0.15) is 26.7 Å². The van der Waals surface area contributed by atoms with Gasteiger partial charge in [0, 0.05) is 0 Å². The van der Waals surface area contributed by atoms with Gasteiger partial charge in [-0.15, -0.1) is 0 Å². The van der Waals surface area contributed by atoms with Crippen molar-refractivity contribution in [3.05, 3.63) is 0 Å². The third-order valence-corrected chi connectivity index (χ3v) is 2.58. The molecule has 1 aliphatic rings. The third kappa shape index (κ3) is 2.92. The molecule has 2 atom stereocenters. The Hall–Kier alpha value is -1.10. The largest absolute Gasteiger partial charge is 0.343 e. The fourth-order valence-electron chi connectivity index (χ4n) is 1.64.